The van der Waals surface area contributed by atoms with E-state index in [1.165, 1.54) is 11.8 Å². The Kier molecular flexibility index (Phi) is 9.23. The smallest absolute Gasteiger partial charge is 0.408 e. The van der Waals surface area contributed by atoms with Gasteiger partial charge in [0.05, 0.1) is 6.04 Å². The molecule has 0 radical (unpaired) electrons. The quantitative estimate of drug-likeness (QED) is 0.608. The number of benzene rings is 1. The molecule has 1 aliphatic heterocycles. The monoisotopic (exact) mass is 445 g/mol. The Morgan fingerprint density at radius 1 is 1.00 bits per heavy atom. The number of rotatable bonds is 9. The predicted octanol–water partition coefficient (Wildman–Crippen LogP) is 2.66. The molecule has 0 saturated carbocycles. The van der Waals surface area contributed by atoms with Crippen molar-refractivity contribution in [2.75, 3.05) is 6.54 Å². The second-order valence-corrected chi connectivity index (χ2v) is 8.96. The van der Waals surface area contributed by atoms with E-state index in [1.807, 2.05) is 58.0 Å². The van der Waals surface area contributed by atoms with Gasteiger partial charge in [0.15, 0.2) is 5.78 Å². The van der Waals surface area contributed by atoms with Gasteiger partial charge < -0.3 is 20.3 Å². The highest BCUT2D eigenvalue weighted by Gasteiger charge is 2.39. The summed E-state index contributed by atoms with van der Waals surface area (Å²) in [5, 5.41) is 5.46. The first-order valence-electron chi connectivity index (χ1n) is 11.2. The van der Waals surface area contributed by atoms with Crippen LogP contribution in [0.3, 0.4) is 0 Å². The fraction of sp³-hybridized carbons (Fsp3) is 0.583. The lowest BCUT2D eigenvalue weighted by molar-refractivity contribution is -0.141. The van der Waals surface area contributed by atoms with Gasteiger partial charge in [0, 0.05) is 6.54 Å². The van der Waals surface area contributed by atoms with Crippen LogP contribution in [0.2, 0.25) is 0 Å². The van der Waals surface area contributed by atoms with E-state index in [0.29, 0.717) is 19.4 Å². The lowest BCUT2D eigenvalue weighted by Gasteiger charge is -2.31. The van der Waals surface area contributed by atoms with Crippen molar-refractivity contribution < 1.29 is 23.9 Å². The minimum atomic E-state index is -0.819. The number of amides is 3. The van der Waals surface area contributed by atoms with Gasteiger partial charge in [-0.2, -0.15) is 0 Å². The number of carbonyl (C=O) groups is 4. The highest BCUT2D eigenvalue weighted by atomic mass is 16.5. The third-order valence-electron chi connectivity index (χ3n) is 5.66. The van der Waals surface area contributed by atoms with Crippen LogP contribution in [0, 0.1) is 11.8 Å². The number of nitrogens with zero attached hydrogens (tertiary/aromatic N) is 1. The number of nitrogens with one attached hydrogen (secondary N) is 2. The highest BCUT2D eigenvalue weighted by Crippen LogP contribution is 2.21. The van der Waals surface area contributed by atoms with Gasteiger partial charge >= 0.3 is 6.09 Å². The summed E-state index contributed by atoms with van der Waals surface area (Å²) in [5.74, 6) is -1.02. The van der Waals surface area contributed by atoms with Crippen LogP contribution in [-0.2, 0) is 25.7 Å². The summed E-state index contributed by atoms with van der Waals surface area (Å²) in [7, 11) is 0. The van der Waals surface area contributed by atoms with Crippen LogP contribution in [0.5, 0.6) is 0 Å². The van der Waals surface area contributed by atoms with Crippen molar-refractivity contribution in [3.8, 4) is 0 Å². The molecule has 32 heavy (non-hydrogen) atoms. The number of hydrogen-bond donors (Lipinski definition) is 2. The molecular weight excluding hydrogens is 410 g/mol. The molecule has 2 N–H and O–H groups in total. The Balaban J connectivity index is 2.03. The van der Waals surface area contributed by atoms with Crippen molar-refractivity contribution >= 4 is 23.7 Å². The van der Waals surface area contributed by atoms with E-state index in [-0.39, 0.29) is 36.0 Å². The second-order valence-electron chi connectivity index (χ2n) is 8.96. The molecule has 1 heterocycles. The maximum atomic E-state index is 13.3. The minimum absolute atomic E-state index is 0.0496. The van der Waals surface area contributed by atoms with Crippen molar-refractivity contribution in [3.63, 3.8) is 0 Å². The van der Waals surface area contributed by atoms with Crippen molar-refractivity contribution in [1.29, 1.82) is 0 Å². The van der Waals surface area contributed by atoms with Crippen molar-refractivity contribution in [1.82, 2.24) is 15.5 Å². The molecule has 1 aromatic rings. The third kappa shape index (κ3) is 6.80. The van der Waals surface area contributed by atoms with Gasteiger partial charge in [-0.1, -0.05) is 58.0 Å². The fourth-order valence-electron chi connectivity index (χ4n) is 3.87. The van der Waals surface area contributed by atoms with Crippen LogP contribution in [0.1, 0.15) is 53.0 Å². The van der Waals surface area contributed by atoms with Crippen molar-refractivity contribution in [2.45, 2.75) is 72.2 Å². The molecule has 0 aromatic heterocycles. The number of alkyl carbamates (subject to hydrolysis) is 1. The van der Waals surface area contributed by atoms with Crippen LogP contribution in [0.15, 0.2) is 30.3 Å². The number of likely N-dealkylation sites (tertiary alicyclic amines) is 1. The van der Waals surface area contributed by atoms with Crippen molar-refractivity contribution in [3.05, 3.63) is 35.9 Å². The molecule has 0 bridgehead atoms. The minimum Gasteiger partial charge on any atom is -0.445 e. The molecule has 8 nitrogen and oxygen atoms in total. The average molecular weight is 446 g/mol. The number of Topliss-reactive ketones (excluding diaryl/α,β-unsaturated/α-hetero) is 1. The second kappa shape index (κ2) is 11.6. The van der Waals surface area contributed by atoms with Gasteiger partial charge in [-0.3, -0.25) is 14.4 Å². The normalized spacial score (nSPS) is 17.7. The lowest BCUT2D eigenvalue weighted by atomic mass is 9.99. The molecule has 3 amide bonds. The van der Waals surface area contributed by atoms with Crippen LogP contribution in [0.4, 0.5) is 4.79 Å². The maximum absolute atomic E-state index is 13.3. The van der Waals surface area contributed by atoms with Crippen LogP contribution < -0.4 is 10.6 Å². The van der Waals surface area contributed by atoms with E-state index in [4.69, 9.17) is 4.74 Å². The van der Waals surface area contributed by atoms with Gasteiger partial charge in [-0.25, -0.2) is 4.79 Å². The molecule has 176 valence electrons. The van der Waals surface area contributed by atoms with E-state index in [2.05, 4.69) is 10.6 Å². The van der Waals surface area contributed by atoms with Gasteiger partial charge in [0.1, 0.15) is 18.7 Å². The molecular formula is C24H35N3O5. The fourth-order valence-corrected chi connectivity index (χ4v) is 3.87. The van der Waals surface area contributed by atoms with Gasteiger partial charge in [0.2, 0.25) is 11.8 Å². The summed E-state index contributed by atoms with van der Waals surface area (Å²) < 4.78 is 5.26. The number of carbonyl (C=O) groups excluding carboxylic acids is 4. The third-order valence-corrected chi connectivity index (χ3v) is 5.66. The number of hydrogen-bond acceptors (Lipinski definition) is 5. The summed E-state index contributed by atoms with van der Waals surface area (Å²) in [6.45, 7) is 9.36. The molecule has 0 spiro atoms. The van der Waals surface area contributed by atoms with Crippen LogP contribution in [-0.4, -0.2) is 53.3 Å². The van der Waals surface area contributed by atoms with E-state index >= 15 is 0 Å². The van der Waals surface area contributed by atoms with Gasteiger partial charge in [-0.15, -0.1) is 0 Å². The molecule has 1 saturated heterocycles. The Labute approximate surface area is 190 Å². The van der Waals surface area contributed by atoms with Crippen molar-refractivity contribution in [2.24, 2.45) is 11.8 Å². The SMILES string of the molecule is CC(=O)C(NC(=O)C1CCCN1C(=O)C(NC(=O)OCc1ccccc1)C(C)C)C(C)C. The standard InChI is InChI=1S/C24H35N3O5/c1-15(2)20(17(5)28)25-22(29)19-12-9-13-27(19)23(30)21(16(3)4)26-24(31)32-14-18-10-7-6-8-11-18/h6-8,10-11,15-16,19-21H,9,12-14H2,1-5H3,(H,25,29)(H,26,31). The molecule has 1 aliphatic rings. The first kappa shape index (κ1) is 25.4. The average Bonchev–Trinajstić information content (AvgIpc) is 3.24. The zero-order valence-electron chi connectivity index (χ0n) is 19.6. The highest BCUT2D eigenvalue weighted by molar-refractivity contribution is 5.94. The van der Waals surface area contributed by atoms with E-state index < -0.39 is 24.2 Å². The summed E-state index contributed by atoms with van der Waals surface area (Å²) in [4.78, 5) is 51.9. The summed E-state index contributed by atoms with van der Waals surface area (Å²) in [6, 6.07) is 7.20. The Hall–Kier alpha value is -2.90. The maximum Gasteiger partial charge on any atom is 0.408 e. The molecule has 1 fully saturated rings. The molecule has 0 aliphatic carbocycles. The van der Waals surface area contributed by atoms with E-state index in [9.17, 15) is 19.2 Å². The Morgan fingerprint density at radius 2 is 1.62 bits per heavy atom. The first-order chi connectivity index (χ1) is 15.1. The van der Waals surface area contributed by atoms with E-state index in [0.717, 1.165) is 5.56 Å². The Morgan fingerprint density at radius 3 is 2.19 bits per heavy atom. The number of ether oxygens (including phenoxy) is 1. The van der Waals surface area contributed by atoms with Crippen LogP contribution >= 0.6 is 0 Å². The largest absolute Gasteiger partial charge is 0.445 e. The topological polar surface area (TPSA) is 105 Å². The van der Waals surface area contributed by atoms with Crippen LogP contribution in [0.25, 0.3) is 0 Å². The molecule has 2 rings (SSSR count). The van der Waals surface area contributed by atoms with Gasteiger partial charge in [-0.05, 0) is 37.2 Å². The Bertz CT molecular complexity index is 809. The molecule has 3 unspecified atom stereocenters. The summed E-state index contributed by atoms with van der Waals surface area (Å²) in [6.07, 6.45) is 0.515. The molecule has 3 atom stereocenters. The number of ketones is 1. The van der Waals surface area contributed by atoms with Gasteiger partial charge in [0.25, 0.3) is 0 Å². The zero-order chi connectivity index (χ0) is 23.8. The first-order valence-corrected chi connectivity index (χ1v) is 11.2. The summed E-state index contributed by atoms with van der Waals surface area (Å²) in [5.41, 5.74) is 0.844. The summed E-state index contributed by atoms with van der Waals surface area (Å²) >= 11 is 0. The molecule has 1 aromatic carbocycles. The lowest BCUT2D eigenvalue weighted by Crippen LogP contribution is -2.57. The van der Waals surface area contributed by atoms with E-state index in [1.54, 1.807) is 0 Å². The predicted molar refractivity (Wildman–Crippen MR) is 121 cm³/mol. The zero-order valence-corrected chi connectivity index (χ0v) is 19.6. The molecule has 8 heteroatoms.